The molecular weight excluding hydrogens is 327 g/mol. The van der Waals surface area contributed by atoms with E-state index >= 15 is 0 Å². The molecule has 2 saturated heterocycles. The van der Waals surface area contributed by atoms with Crippen LogP contribution in [0.3, 0.4) is 0 Å². The predicted octanol–water partition coefficient (Wildman–Crippen LogP) is 1.79. The molecule has 0 bridgehead atoms. The third-order valence-electron chi connectivity index (χ3n) is 4.36. The van der Waals surface area contributed by atoms with Crippen LogP contribution in [-0.2, 0) is 11.0 Å². The zero-order valence-corrected chi connectivity index (χ0v) is 12.5. The normalized spacial score (nSPS) is 23.7. The van der Waals surface area contributed by atoms with Crippen molar-refractivity contribution < 1.29 is 27.9 Å². The van der Waals surface area contributed by atoms with Gasteiger partial charge >= 0.3 is 12.2 Å². The monoisotopic (exact) mass is 339 g/mol. The fourth-order valence-corrected chi connectivity index (χ4v) is 3.27. The highest BCUT2D eigenvalue weighted by atomic mass is 19.4. The number of anilines is 1. The summed E-state index contributed by atoms with van der Waals surface area (Å²) in [5.41, 5.74) is -2.35. The van der Waals surface area contributed by atoms with Crippen LogP contribution >= 0.6 is 0 Å². The Morgan fingerprint density at radius 2 is 2.00 bits per heavy atom. The van der Waals surface area contributed by atoms with Gasteiger partial charge in [0.05, 0.1) is 29.0 Å². The Bertz CT molecular complexity index is 785. The molecule has 1 aromatic carbocycles. The largest absolute Gasteiger partial charge is 0.418 e. The van der Waals surface area contributed by atoms with Gasteiger partial charge in [0.25, 0.3) is 5.91 Å². The van der Waals surface area contributed by atoms with E-state index in [4.69, 9.17) is 5.26 Å². The van der Waals surface area contributed by atoms with E-state index in [0.29, 0.717) is 4.90 Å². The van der Waals surface area contributed by atoms with Gasteiger partial charge in [0.1, 0.15) is 6.04 Å². The third-order valence-corrected chi connectivity index (χ3v) is 4.36. The minimum atomic E-state index is -4.80. The van der Waals surface area contributed by atoms with Gasteiger partial charge in [-0.2, -0.15) is 18.4 Å². The van der Waals surface area contributed by atoms with Gasteiger partial charge in [-0.05, 0) is 31.0 Å². The predicted molar refractivity (Wildman–Crippen MR) is 74.9 cm³/mol. The number of hydrogen-bond acceptors (Lipinski definition) is 4. The Labute approximate surface area is 134 Å². The van der Waals surface area contributed by atoms with Gasteiger partial charge in [-0.3, -0.25) is 4.79 Å². The standard InChI is InChI=1S/C15H12F3N3O3/c1-7-9(3-2-8(6-19)11(7)15(16,17)18)21-13(23)12-10(22)4-5-20(12)14(21)24/h2-3,10,12,22H,4-5H2,1H3/t10-,12?/m1/s1. The van der Waals surface area contributed by atoms with E-state index in [0.717, 1.165) is 24.0 Å². The molecular formula is C15H12F3N3O3. The SMILES string of the molecule is Cc1c(N2C(=O)C3[C@H](O)CCN3C2=O)ccc(C#N)c1C(F)(F)F. The Morgan fingerprint density at radius 1 is 1.33 bits per heavy atom. The molecule has 1 aromatic rings. The molecule has 0 radical (unpaired) electrons. The Hall–Kier alpha value is -2.60. The van der Waals surface area contributed by atoms with Crippen molar-refractivity contribution in [2.24, 2.45) is 0 Å². The van der Waals surface area contributed by atoms with Gasteiger partial charge in [0.2, 0.25) is 0 Å². The molecule has 0 aromatic heterocycles. The maximum Gasteiger partial charge on any atom is 0.418 e. The number of hydrogen-bond donors (Lipinski definition) is 1. The fraction of sp³-hybridized carbons (Fsp3) is 0.400. The van der Waals surface area contributed by atoms with E-state index in [2.05, 4.69) is 0 Å². The Morgan fingerprint density at radius 3 is 2.54 bits per heavy atom. The lowest BCUT2D eigenvalue weighted by Gasteiger charge is -2.21. The second-order valence-electron chi connectivity index (χ2n) is 5.69. The van der Waals surface area contributed by atoms with Crippen LogP contribution in [-0.4, -0.2) is 40.6 Å². The first-order valence-electron chi connectivity index (χ1n) is 7.12. The number of carbonyl (C=O) groups excluding carboxylic acids is 2. The summed E-state index contributed by atoms with van der Waals surface area (Å²) in [6.45, 7) is 1.27. The quantitative estimate of drug-likeness (QED) is 0.791. The van der Waals surface area contributed by atoms with Crippen LogP contribution in [0.1, 0.15) is 23.1 Å². The average molecular weight is 339 g/mol. The smallest absolute Gasteiger partial charge is 0.390 e. The number of nitriles is 1. The zero-order chi connectivity index (χ0) is 17.8. The zero-order valence-electron chi connectivity index (χ0n) is 12.5. The summed E-state index contributed by atoms with van der Waals surface area (Å²) in [7, 11) is 0. The van der Waals surface area contributed by atoms with E-state index in [1.807, 2.05) is 0 Å². The van der Waals surface area contributed by atoms with Crippen molar-refractivity contribution in [2.45, 2.75) is 31.7 Å². The van der Waals surface area contributed by atoms with E-state index in [9.17, 15) is 27.9 Å². The number of urea groups is 1. The number of rotatable bonds is 1. The molecule has 24 heavy (non-hydrogen) atoms. The van der Waals surface area contributed by atoms with Crippen LogP contribution in [0.5, 0.6) is 0 Å². The van der Waals surface area contributed by atoms with Crippen molar-refractivity contribution in [3.05, 3.63) is 28.8 Å². The maximum absolute atomic E-state index is 13.3. The topological polar surface area (TPSA) is 84.6 Å². The number of imide groups is 1. The number of aliphatic hydroxyl groups is 1. The minimum absolute atomic E-state index is 0.161. The fourth-order valence-electron chi connectivity index (χ4n) is 3.27. The van der Waals surface area contributed by atoms with Crippen LogP contribution < -0.4 is 4.90 Å². The summed E-state index contributed by atoms with van der Waals surface area (Å²) in [5, 5.41) is 18.7. The van der Waals surface area contributed by atoms with Crippen molar-refractivity contribution in [2.75, 3.05) is 11.4 Å². The Balaban J connectivity index is 2.13. The lowest BCUT2D eigenvalue weighted by Crippen LogP contribution is -2.37. The third kappa shape index (κ3) is 2.14. The summed E-state index contributed by atoms with van der Waals surface area (Å²) in [5.74, 6) is -0.758. The van der Waals surface area contributed by atoms with Crippen LogP contribution in [0, 0.1) is 18.3 Å². The first-order valence-corrected chi connectivity index (χ1v) is 7.12. The molecule has 2 aliphatic heterocycles. The maximum atomic E-state index is 13.3. The molecule has 0 spiro atoms. The van der Waals surface area contributed by atoms with Crippen molar-refractivity contribution in [1.82, 2.24) is 4.90 Å². The number of aliphatic hydroxyl groups excluding tert-OH is 1. The molecule has 6 nitrogen and oxygen atoms in total. The number of amides is 3. The number of benzene rings is 1. The summed E-state index contributed by atoms with van der Waals surface area (Å²) in [6, 6.07) is 1.72. The highest BCUT2D eigenvalue weighted by Gasteiger charge is 2.53. The molecule has 9 heteroatoms. The lowest BCUT2D eigenvalue weighted by atomic mass is 9.99. The molecule has 126 valence electrons. The first kappa shape index (κ1) is 16.3. The average Bonchev–Trinajstić information content (AvgIpc) is 2.99. The summed E-state index contributed by atoms with van der Waals surface area (Å²) >= 11 is 0. The van der Waals surface area contributed by atoms with Crippen LogP contribution in [0.15, 0.2) is 12.1 Å². The highest BCUT2D eigenvalue weighted by molar-refractivity contribution is 6.22. The first-order chi connectivity index (χ1) is 11.2. The van der Waals surface area contributed by atoms with Gasteiger partial charge in [0.15, 0.2) is 0 Å². The molecule has 3 amide bonds. The number of alkyl halides is 3. The van der Waals surface area contributed by atoms with Gasteiger partial charge in [-0.1, -0.05) is 0 Å². The van der Waals surface area contributed by atoms with Crippen LogP contribution in [0.4, 0.5) is 23.7 Å². The second-order valence-corrected chi connectivity index (χ2v) is 5.69. The van der Waals surface area contributed by atoms with Crippen LogP contribution in [0.2, 0.25) is 0 Å². The summed E-state index contributed by atoms with van der Waals surface area (Å²) < 4.78 is 39.8. The molecule has 1 unspecified atom stereocenters. The molecule has 2 aliphatic rings. The molecule has 2 heterocycles. The van der Waals surface area contributed by atoms with E-state index in [-0.39, 0.29) is 24.2 Å². The van der Waals surface area contributed by atoms with Gasteiger partial charge < -0.3 is 10.0 Å². The van der Waals surface area contributed by atoms with E-state index < -0.39 is 41.4 Å². The Kier molecular flexibility index (Phi) is 3.53. The number of carbonyl (C=O) groups is 2. The molecule has 2 atom stereocenters. The van der Waals surface area contributed by atoms with Crippen LogP contribution in [0.25, 0.3) is 0 Å². The van der Waals surface area contributed by atoms with Gasteiger partial charge in [-0.25, -0.2) is 9.69 Å². The van der Waals surface area contributed by atoms with E-state index in [1.54, 1.807) is 0 Å². The lowest BCUT2D eigenvalue weighted by molar-refractivity contribution is -0.138. The molecule has 3 rings (SSSR count). The van der Waals surface area contributed by atoms with Crippen molar-refractivity contribution in [1.29, 1.82) is 5.26 Å². The van der Waals surface area contributed by atoms with Gasteiger partial charge in [-0.15, -0.1) is 0 Å². The second kappa shape index (κ2) is 5.21. The van der Waals surface area contributed by atoms with Crippen molar-refractivity contribution >= 4 is 17.6 Å². The summed E-state index contributed by atoms with van der Waals surface area (Å²) in [4.78, 5) is 26.6. The number of nitrogens with zero attached hydrogens (tertiary/aromatic N) is 3. The van der Waals surface area contributed by atoms with E-state index in [1.165, 1.54) is 6.07 Å². The molecule has 2 fully saturated rings. The van der Waals surface area contributed by atoms with Crippen molar-refractivity contribution in [3.63, 3.8) is 0 Å². The minimum Gasteiger partial charge on any atom is -0.390 e. The summed E-state index contributed by atoms with van der Waals surface area (Å²) in [6.07, 6.45) is -5.59. The van der Waals surface area contributed by atoms with Gasteiger partial charge in [0, 0.05) is 6.54 Å². The molecule has 1 N–H and O–H groups in total. The molecule has 0 saturated carbocycles. The van der Waals surface area contributed by atoms with Crippen molar-refractivity contribution in [3.8, 4) is 6.07 Å². The molecule has 0 aliphatic carbocycles. The number of halogens is 3. The highest BCUT2D eigenvalue weighted by Crippen LogP contribution is 2.40. The number of fused-ring (bicyclic) bond motifs is 1.